The molecule has 1 rings (SSSR count). The molecule has 10 heavy (non-hydrogen) atoms. The molecule has 0 heterocycles. The molecule has 1 aliphatic carbocycles. The van der Waals surface area contributed by atoms with Crippen LogP contribution in [0.25, 0.3) is 0 Å². The second-order valence-corrected chi connectivity index (χ2v) is 2.64. The van der Waals surface area contributed by atoms with Crippen molar-refractivity contribution in [3.8, 4) is 0 Å². The molecule has 1 fully saturated rings. The van der Waals surface area contributed by atoms with Gasteiger partial charge in [0.15, 0.2) is 0 Å². The standard InChI is InChI=1S/C7H13NO2/c8-7(9)4-5-10-6-2-1-3-6/h6H,1-5H2,(H2,8,9). The van der Waals surface area contributed by atoms with Crippen molar-refractivity contribution in [2.45, 2.75) is 31.8 Å². The summed E-state index contributed by atoms with van der Waals surface area (Å²) in [5, 5.41) is 0. The molecule has 1 aliphatic rings. The first-order valence-corrected chi connectivity index (χ1v) is 3.69. The van der Waals surface area contributed by atoms with Crippen molar-refractivity contribution in [3.63, 3.8) is 0 Å². The van der Waals surface area contributed by atoms with Crippen molar-refractivity contribution in [2.75, 3.05) is 6.61 Å². The van der Waals surface area contributed by atoms with E-state index in [4.69, 9.17) is 10.5 Å². The molecule has 0 saturated heterocycles. The number of ether oxygens (including phenoxy) is 1. The molecule has 0 unspecified atom stereocenters. The van der Waals surface area contributed by atoms with Gasteiger partial charge in [0.05, 0.1) is 12.7 Å². The molecule has 2 N–H and O–H groups in total. The Morgan fingerprint density at radius 2 is 2.30 bits per heavy atom. The summed E-state index contributed by atoms with van der Waals surface area (Å²) in [5.41, 5.74) is 4.92. The first-order valence-electron chi connectivity index (χ1n) is 3.69. The van der Waals surface area contributed by atoms with Crippen molar-refractivity contribution >= 4 is 5.91 Å². The molecule has 0 aromatic heterocycles. The number of hydrogen-bond acceptors (Lipinski definition) is 2. The summed E-state index contributed by atoms with van der Waals surface area (Å²) in [6.07, 6.45) is 4.34. The number of carbonyl (C=O) groups is 1. The van der Waals surface area contributed by atoms with E-state index in [0.29, 0.717) is 19.1 Å². The van der Waals surface area contributed by atoms with Crippen LogP contribution >= 0.6 is 0 Å². The van der Waals surface area contributed by atoms with Crippen LogP contribution in [0, 0.1) is 0 Å². The van der Waals surface area contributed by atoms with Crippen LogP contribution < -0.4 is 5.73 Å². The van der Waals surface area contributed by atoms with Gasteiger partial charge < -0.3 is 10.5 Å². The maximum atomic E-state index is 10.2. The van der Waals surface area contributed by atoms with Gasteiger partial charge in [-0.25, -0.2) is 0 Å². The summed E-state index contributed by atoms with van der Waals surface area (Å²) in [5.74, 6) is -0.278. The van der Waals surface area contributed by atoms with Crippen molar-refractivity contribution in [2.24, 2.45) is 5.73 Å². The van der Waals surface area contributed by atoms with Gasteiger partial charge in [0, 0.05) is 6.42 Å². The molecule has 1 amide bonds. The summed E-state index contributed by atoms with van der Waals surface area (Å²) < 4.78 is 5.29. The molecule has 3 nitrogen and oxygen atoms in total. The molecule has 0 spiro atoms. The van der Waals surface area contributed by atoms with Crippen LogP contribution in [0.3, 0.4) is 0 Å². The summed E-state index contributed by atoms with van der Waals surface area (Å²) >= 11 is 0. The molecule has 58 valence electrons. The topological polar surface area (TPSA) is 52.3 Å². The van der Waals surface area contributed by atoms with Gasteiger partial charge in [0.1, 0.15) is 0 Å². The van der Waals surface area contributed by atoms with Crippen LogP contribution in [-0.2, 0) is 9.53 Å². The molecule has 0 atom stereocenters. The van der Waals surface area contributed by atoms with Crippen LogP contribution in [0.1, 0.15) is 25.7 Å². The highest BCUT2D eigenvalue weighted by atomic mass is 16.5. The third-order valence-corrected chi connectivity index (χ3v) is 1.75. The van der Waals surface area contributed by atoms with Gasteiger partial charge in [-0.3, -0.25) is 4.79 Å². The predicted octanol–water partition coefficient (Wildman–Crippen LogP) is 0.431. The van der Waals surface area contributed by atoms with Gasteiger partial charge in [-0.15, -0.1) is 0 Å². The lowest BCUT2D eigenvalue weighted by atomic mass is 9.96. The lowest BCUT2D eigenvalue weighted by molar-refractivity contribution is -0.120. The van der Waals surface area contributed by atoms with Gasteiger partial charge in [0.25, 0.3) is 0 Å². The van der Waals surface area contributed by atoms with Crippen molar-refractivity contribution in [3.05, 3.63) is 0 Å². The Balaban J connectivity index is 1.89. The highest BCUT2D eigenvalue weighted by molar-refractivity contribution is 5.73. The fourth-order valence-corrected chi connectivity index (χ4v) is 0.864. The Kier molecular flexibility index (Phi) is 2.68. The zero-order chi connectivity index (χ0) is 7.40. The number of primary amides is 1. The lowest BCUT2D eigenvalue weighted by Crippen LogP contribution is -2.24. The summed E-state index contributed by atoms with van der Waals surface area (Å²) in [6, 6.07) is 0. The van der Waals surface area contributed by atoms with E-state index in [1.165, 1.54) is 6.42 Å². The number of amides is 1. The minimum atomic E-state index is -0.278. The smallest absolute Gasteiger partial charge is 0.219 e. The average Bonchev–Trinajstić information content (AvgIpc) is 1.75. The van der Waals surface area contributed by atoms with E-state index < -0.39 is 0 Å². The average molecular weight is 143 g/mol. The van der Waals surface area contributed by atoms with Crippen molar-refractivity contribution < 1.29 is 9.53 Å². The van der Waals surface area contributed by atoms with Gasteiger partial charge in [-0.2, -0.15) is 0 Å². The van der Waals surface area contributed by atoms with E-state index in [-0.39, 0.29) is 5.91 Å². The maximum Gasteiger partial charge on any atom is 0.219 e. The monoisotopic (exact) mass is 143 g/mol. The van der Waals surface area contributed by atoms with Gasteiger partial charge in [-0.05, 0) is 19.3 Å². The maximum absolute atomic E-state index is 10.2. The molecule has 0 aromatic rings. The number of rotatable bonds is 4. The zero-order valence-electron chi connectivity index (χ0n) is 6.01. The normalized spacial score (nSPS) is 18.4. The van der Waals surface area contributed by atoms with Crippen LogP contribution in [0.5, 0.6) is 0 Å². The highest BCUT2D eigenvalue weighted by Crippen LogP contribution is 2.21. The minimum absolute atomic E-state index is 0.278. The summed E-state index contributed by atoms with van der Waals surface area (Å²) in [7, 11) is 0. The fraction of sp³-hybridized carbons (Fsp3) is 0.857. The Morgan fingerprint density at radius 1 is 1.60 bits per heavy atom. The van der Waals surface area contributed by atoms with Crippen molar-refractivity contribution in [1.29, 1.82) is 0 Å². The molecule has 0 aromatic carbocycles. The van der Waals surface area contributed by atoms with Crippen LogP contribution in [0.2, 0.25) is 0 Å². The highest BCUT2D eigenvalue weighted by Gasteiger charge is 2.17. The predicted molar refractivity (Wildman–Crippen MR) is 37.4 cm³/mol. The van der Waals surface area contributed by atoms with E-state index in [0.717, 1.165) is 12.8 Å². The Bertz CT molecular complexity index is 121. The quantitative estimate of drug-likeness (QED) is 0.620. The molecule has 0 aliphatic heterocycles. The first kappa shape index (κ1) is 7.54. The molecular weight excluding hydrogens is 130 g/mol. The second kappa shape index (κ2) is 3.56. The molecular formula is C7H13NO2. The largest absolute Gasteiger partial charge is 0.378 e. The SMILES string of the molecule is NC(=O)CCOC1CCC1. The van der Waals surface area contributed by atoms with E-state index in [2.05, 4.69) is 0 Å². The second-order valence-electron chi connectivity index (χ2n) is 2.64. The van der Waals surface area contributed by atoms with Crippen LogP contribution in [-0.4, -0.2) is 18.6 Å². The lowest BCUT2D eigenvalue weighted by Gasteiger charge is -2.25. The van der Waals surface area contributed by atoms with E-state index in [1.807, 2.05) is 0 Å². The molecule has 1 saturated carbocycles. The third kappa shape index (κ3) is 2.35. The molecule has 3 heteroatoms. The number of carbonyl (C=O) groups excluding carboxylic acids is 1. The Morgan fingerprint density at radius 3 is 2.70 bits per heavy atom. The van der Waals surface area contributed by atoms with Gasteiger partial charge in [-0.1, -0.05) is 0 Å². The van der Waals surface area contributed by atoms with Crippen molar-refractivity contribution in [1.82, 2.24) is 0 Å². The van der Waals surface area contributed by atoms with E-state index in [1.54, 1.807) is 0 Å². The Labute approximate surface area is 60.5 Å². The molecule has 0 bridgehead atoms. The Hall–Kier alpha value is -0.570. The zero-order valence-corrected chi connectivity index (χ0v) is 6.01. The minimum Gasteiger partial charge on any atom is -0.378 e. The summed E-state index contributed by atoms with van der Waals surface area (Å²) in [4.78, 5) is 10.2. The van der Waals surface area contributed by atoms with E-state index in [9.17, 15) is 4.79 Å². The molecule has 0 radical (unpaired) electrons. The first-order chi connectivity index (χ1) is 4.79. The van der Waals surface area contributed by atoms with Crippen LogP contribution in [0.4, 0.5) is 0 Å². The number of nitrogens with two attached hydrogens (primary N) is 1. The van der Waals surface area contributed by atoms with E-state index >= 15 is 0 Å². The number of hydrogen-bond donors (Lipinski definition) is 1. The van der Waals surface area contributed by atoms with Gasteiger partial charge in [0.2, 0.25) is 5.91 Å². The third-order valence-electron chi connectivity index (χ3n) is 1.75. The van der Waals surface area contributed by atoms with Gasteiger partial charge >= 0.3 is 0 Å². The summed E-state index contributed by atoms with van der Waals surface area (Å²) in [6.45, 7) is 0.500. The van der Waals surface area contributed by atoms with Crippen LogP contribution in [0.15, 0.2) is 0 Å². The fourth-order valence-electron chi connectivity index (χ4n) is 0.864.